The molecule has 13 rings (SSSR count). The standard InChI is InChI=1S/3C19H16.2C13H12.13C2H6/c1-15-12-18(16-8-4-2-5-9-16)14-19(13-15)17-10-6-3-7-11-17;1-15-12-13-18(16-8-4-2-5-9-16)14-19(15)17-10-6-3-7-11-17;1-15-12-13-18(16-8-4-2-5-9-16)19(14-15)17-10-6-3-7-11-17;1-11-7-5-6-10-13(11)12-8-3-2-4-9-12;1-11-6-5-9-13(10-11)12-7-3-2-4-8-12;13*1-2/h3*2-14H,1H3;2*2-10H,1H3;13*1-2H3. The van der Waals surface area contributed by atoms with Gasteiger partial charge in [-0.2, -0.15) is 0 Å². The lowest BCUT2D eigenvalue weighted by molar-refractivity contribution is 1.45. The zero-order chi connectivity index (χ0) is 83.4. The third-order valence-corrected chi connectivity index (χ3v) is 14.4. The summed E-state index contributed by atoms with van der Waals surface area (Å²) in [4.78, 5) is 0. The molecule has 586 valence electrons. The molecule has 0 aliphatic carbocycles. The Hall–Kier alpha value is -10.1. The predicted molar refractivity (Wildman–Crippen MR) is 507 cm³/mol. The van der Waals surface area contributed by atoms with Crippen molar-refractivity contribution in [2.24, 2.45) is 0 Å². The minimum Gasteiger partial charge on any atom is -0.0683 e. The average molecular weight is 1460 g/mol. The van der Waals surface area contributed by atoms with E-state index in [2.05, 4.69) is 368 Å². The van der Waals surface area contributed by atoms with Gasteiger partial charge in [-0.15, -0.1) is 0 Å². The molecule has 0 atom stereocenters. The first-order valence-corrected chi connectivity index (χ1v) is 41.6. The van der Waals surface area contributed by atoms with Gasteiger partial charge in [0.1, 0.15) is 0 Å². The molecule has 0 heteroatoms. The SMILES string of the molecule is CC.CC.CC.CC.CC.CC.CC.CC.CC.CC.CC.CC.CC.Cc1cc(-c2ccccc2)cc(-c2ccccc2)c1.Cc1ccc(-c2ccccc2)c(-c2ccccc2)c1.Cc1ccc(-c2ccccc2)cc1-c1ccccc1.Cc1cccc(-c2ccccc2)c1.Cc1ccccc1-c1ccccc1. The molecule has 0 saturated carbocycles. The Kier molecular flexibility index (Phi) is 75.0. The molecule has 0 saturated heterocycles. The normalized spacial score (nSPS) is 8.50. The van der Waals surface area contributed by atoms with Gasteiger partial charge < -0.3 is 0 Å². The van der Waals surface area contributed by atoms with E-state index in [1.54, 1.807) is 0 Å². The van der Waals surface area contributed by atoms with Crippen molar-refractivity contribution in [3.8, 4) is 89.0 Å². The van der Waals surface area contributed by atoms with Gasteiger partial charge >= 0.3 is 0 Å². The van der Waals surface area contributed by atoms with E-state index >= 15 is 0 Å². The molecule has 0 radical (unpaired) electrons. The second-order valence-corrected chi connectivity index (χ2v) is 20.8. The summed E-state index contributed by atoms with van der Waals surface area (Å²) in [6.07, 6.45) is 0. The summed E-state index contributed by atoms with van der Waals surface area (Å²) in [5.74, 6) is 0. The van der Waals surface area contributed by atoms with Gasteiger partial charge in [-0.3, -0.25) is 0 Å². The van der Waals surface area contributed by atoms with Gasteiger partial charge in [0.05, 0.1) is 0 Å². The summed E-state index contributed by atoms with van der Waals surface area (Å²) >= 11 is 0. The molecular weight excluding hydrogens is 1310 g/mol. The fourth-order valence-corrected chi connectivity index (χ4v) is 10.1. The van der Waals surface area contributed by atoms with E-state index in [1.807, 2.05) is 192 Å². The molecule has 109 heavy (non-hydrogen) atoms. The molecule has 0 aliphatic rings. The Bertz CT molecular complexity index is 3950. The lowest BCUT2D eigenvalue weighted by Gasteiger charge is -2.11. The van der Waals surface area contributed by atoms with Gasteiger partial charge in [0.15, 0.2) is 0 Å². The maximum absolute atomic E-state index is 2.28. The van der Waals surface area contributed by atoms with Crippen LogP contribution in [-0.4, -0.2) is 0 Å². The minimum absolute atomic E-state index is 1.26. The van der Waals surface area contributed by atoms with Crippen LogP contribution in [0.1, 0.15) is 208 Å². The Labute approximate surface area is 673 Å². The third kappa shape index (κ3) is 42.9. The molecule has 13 aromatic carbocycles. The van der Waals surface area contributed by atoms with Crippen molar-refractivity contribution < 1.29 is 0 Å². The second-order valence-electron chi connectivity index (χ2n) is 20.8. The van der Waals surface area contributed by atoms with Crippen molar-refractivity contribution >= 4 is 0 Å². The summed E-state index contributed by atoms with van der Waals surface area (Å²) in [7, 11) is 0. The number of aryl methyl sites for hydroxylation is 5. The topological polar surface area (TPSA) is 0 Å². The molecule has 0 bridgehead atoms. The fraction of sp³-hybridized carbons (Fsp3) is 0.284. The molecule has 13 aromatic rings. The molecule has 0 fully saturated rings. The lowest BCUT2D eigenvalue weighted by atomic mass is 9.93. The molecule has 0 unspecified atom stereocenters. The van der Waals surface area contributed by atoms with E-state index in [9.17, 15) is 0 Å². The van der Waals surface area contributed by atoms with Crippen molar-refractivity contribution in [3.05, 3.63) is 374 Å². The highest BCUT2D eigenvalue weighted by molar-refractivity contribution is 5.84. The molecule has 0 spiro atoms. The van der Waals surface area contributed by atoms with E-state index in [1.165, 1.54) is 117 Å². The van der Waals surface area contributed by atoms with E-state index in [0.717, 1.165) is 0 Å². The first-order valence-electron chi connectivity index (χ1n) is 41.6. The maximum atomic E-state index is 2.28. The number of hydrogen-bond acceptors (Lipinski definition) is 0. The van der Waals surface area contributed by atoms with Crippen molar-refractivity contribution in [1.29, 1.82) is 0 Å². The van der Waals surface area contributed by atoms with Gasteiger partial charge in [-0.1, -0.05) is 525 Å². The summed E-state index contributed by atoms with van der Waals surface area (Å²) < 4.78 is 0. The number of rotatable bonds is 8. The van der Waals surface area contributed by atoms with Gasteiger partial charge in [-0.25, -0.2) is 0 Å². The van der Waals surface area contributed by atoms with Crippen LogP contribution in [-0.2, 0) is 0 Å². The zero-order valence-corrected chi connectivity index (χ0v) is 74.4. The van der Waals surface area contributed by atoms with Crippen LogP contribution in [0.5, 0.6) is 0 Å². The summed E-state index contributed by atoms with van der Waals surface area (Å²) in [5.41, 5.74) is 27.0. The van der Waals surface area contributed by atoms with E-state index in [4.69, 9.17) is 0 Å². The maximum Gasteiger partial charge on any atom is -0.0103 e. The van der Waals surface area contributed by atoms with Gasteiger partial charge in [-0.05, 0) is 152 Å². The van der Waals surface area contributed by atoms with Crippen LogP contribution in [0.25, 0.3) is 89.0 Å². The fourth-order valence-electron chi connectivity index (χ4n) is 10.1. The van der Waals surface area contributed by atoms with Crippen LogP contribution in [0.2, 0.25) is 0 Å². The third-order valence-electron chi connectivity index (χ3n) is 14.4. The highest BCUT2D eigenvalue weighted by Crippen LogP contribution is 2.34. The summed E-state index contributed by atoms with van der Waals surface area (Å²) in [5, 5.41) is 0. The Morgan fingerprint density at radius 3 is 0.679 bits per heavy atom. The zero-order valence-electron chi connectivity index (χ0n) is 74.4. The van der Waals surface area contributed by atoms with Crippen molar-refractivity contribution in [2.75, 3.05) is 0 Å². The van der Waals surface area contributed by atoms with Crippen LogP contribution in [0.4, 0.5) is 0 Å². The highest BCUT2D eigenvalue weighted by Gasteiger charge is 2.09. The van der Waals surface area contributed by atoms with Gasteiger partial charge in [0, 0.05) is 0 Å². The average Bonchev–Trinajstić information content (AvgIpc) is 0.824. The van der Waals surface area contributed by atoms with Gasteiger partial charge in [0.25, 0.3) is 0 Å². The quantitative estimate of drug-likeness (QED) is 0.142. The van der Waals surface area contributed by atoms with Crippen molar-refractivity contribution in [1.82, 2.24) is 0 Å². The van der Waals surface area contributed by atoms with Crippen LogP contribution >= 0.6 is 0 Å². The first-order chi connectivity index (χ1) is 53.8. The molecule has 0 aromatic heterocycles. The Morgan fingerprint density at radius 1 is 0.110 bits per heavy atom. The Balaban J connectivity index is -0.000000386. The number of hydrogen-bond donors (Lipinski definition) is 0. The number of benzene rings is 13. The van der Waals surface area contributed by atoms with E-state index in [-0.39, 0.29) is 0 Å². The van der Waals surface area contributed by atoms with Crippen molar-refractivity contribution in [2.45, 2.75) is 215 Å². The highest BCUT2D eigenvalue weighted by atomic mass is 14.1. The smallest absolute Gasteiger partial charge is 0.0103 e. The monoisotopic (exact) mass is 1460 g/mol. The van der Waals surface area contributed by atoms with E-state index < -0.39 is 0 Å². The van der Waals surface area contributed by atoms with Crippen molar-refractivity contribution in [3.63, 3.8) is 0 Å². The Morgan fingerprint density at radius 2 is 0.349 bits per heavy atom. The molecule has 0 N–H and O–H groups in total. The van der Waals surface area contributed by atoms with Gasteiger partial charge in [0.2, 0.25) is 0 Å². The largest absolute Gasteiger partial charge is 0.0683 e. The van der Waals surface area contributed by atoms with Crippen LogP contribution in [0, 0.1) is 34.6 Å². The predicted octanol–water partition coefficient (Wildman–Crippen LogP) is 36.7. The minimum atomic E-state index is 1.26. The molecule has 0 aliphatic heterocycles. The lowest BCUT2D eigenvalue weighted by Crippen LogP contribution is -1.86. The molecule has 0 heterocycles. The molecular formula is C109H150. The molecule has 0 amide bonds. The second kappa shape index (κ2) is 76.1. The van der Waals surface area contributed by atoms with Crippen LogP contribution in [0.3, 0.4) is 0 Å². The van der Waals surface area contributed by atoms with Crippen LogP contribution < -0.4 is 0 Å². The van der Waals surface area contributed by atoms with E-state index in [0.29, 0.717) is 0 Å². The summed E-state index contributed by atoms with van der Waals surface area (Å²) in [6.45, 7) is 62.7. The summed E-state index contributed by atoms with van der Waals surface area (Å²) in [6, 6.07) is 121. The van der Waals surface area contributed by atoms with Crippen LogP contribution in [0.15, 0.2) is 346 Å². The molecule has 0 nitrogen and oxygen atoms in total. The first kappa shape index (κ1) is 107.